The van der Waals surface area contributed by atoms with Gasteiger partial charge in [-0.05, 0) is 49.7 Å². The highest BCUT2D eigenvalue weighted by molar-refractivity contribution is 5.46. The summed E-state index contributed by atoms with van der Waals surface area (Å²) in [5.41, 5.74) is 1.12. The molecule has 1 N–H and O–H groups in total. The van der Waals surface area contributed by atoms with Crippen LogP contribution in [0.4, 0.5) is 5.69 Å². The molecule has 0 amide bonds. The zero-order valence-corrected chi connectivity index (χ0v) is 13.8. The second-order valence-corrected chi connectivity index (χ2v) is 5.51. The van der Waals surface area contributed by atoms with Gasteiger partial charge in [-0.1, -0.05) is 18.2 Å². The standard InChI is InChI=1S/C19H25NO3/c1-16(21)15-20(17-7-4-3-5-8-17)13-6-14-23-19-11-9-18(22-2)10-12-19/h3-5,7-12,16,21H,6,13-15H2,1-2H3. The van der Waals surface area contributed by atoms with Crippen LogP contribution in [0.25, 0.3) is 0 Å². The van der Waals surface area contributed by atoms with Gasteiger partial charge in [0, 0.05) is 18.8 Å². The van der Waals surface area contributed by atoms with E-state index in [1.54, 1.807) is 7.11 Å². The van der Waals surface area contributed by atoms with Crippen LogP contribution in [-0.4, -0.2) is 38.0 Å². The molecule has 0 aromatic heterocycles. The molecular weight excluding hydrogens is 290 g/mol. The van der Waals surface area contributed by atoms with E-state index in [2.05, 4.69) is 17.0 Å². The Hall–Kier alpha value is -2.20. The number of ether oxygens (including phenoxy) is 2. The van der Waals surface area contributed by atoms with Gasteiger partial charge in [0.25, 0.3) is 0 Å². The number of methoxy groups -OCH3 is 1. The van der Waals surface area contributed by atoms with Gasteiger partial charge in [-0.3, -0.25) is 0 Å². The quantitative estimate of drug-likeness (QED) is 0.721. The molecule has 0 saturated carbocycles. The van der Waals surface area contributed by atoms with E-state index in [1.807, 2.05) is 49.4 Å². The lowest BCUT2D eigenvalue weighted by molar-refractivity contribution is 0.199. The molecule has 0 bridgehead atoms. The van der Waals surface area contributed by atoms with Gasteiger partial charge < -0.3 is 19.5 Å². The van der Waals surface area contributed by atoms with Crippen LogP contribution in [0.15, 0.2) is 54.6 Å². The lowest BCUT2D eigenvalue weighted by atomic mass is 10.2. The number of nitrogens with zero attached hydrogens (tertiary/aromatic N) is 1. The van der Waals surface area contributed by atoms with E-state index in [0.717, 1.165) is 30.2 Å². The molecule has 0 radical (unpaired) electrons. The molecule has 2 aromatic carbocycles. The SMILES string of the molecule is COc1ccc(OCCCN(CC(C)O)c2ccccc2)cc1. The number of para-hydroxylation sites is 1. The van der Waals surface area contributed by atoms with Gasteiger partial charge in [0.15, 0.2) is 0 Å². The average Bonchev–Trinajstić information content (AvgIpc) is 2.58. The summed E-state index contributed by atoms with van der Waals surface area (Å²) in [6.45, 7) is 3.90. The zero-order valence-electron chi connectivity index (χ0n) is 13.8. The first kappa shape index (κ1) is 17.2. The maximum absolute atomic E-state index is 9.68. The molecule has 1 atom stereocenters. The Labute approximate surface area is 138 Å². The summed E-state index contributed by atoms with van der Waals surface area (Å²) in [6.07, 6.45) is 0.519. The van der Waals surface area contributed by atoms with Gasteiger partial charge >= 0.3 is 0 Å². The molecule has 2 aromatic rings. The molecule has 0 aliphatic carbocycles. The molecule has 0 aliphatic rings. The highest BCUT2D eigenvalue weighted by Gasteiger charge is 2.09. The van der Waals surface area contributed by atoms with E-state index >= 15 is 0 Å². The van der Waals surface area contributed by atoms with Crippen LogP contribution in [0.5, 0.6) is 11.5 Å². The van der Waals surface area contributed by atoms with Crippen molar-refractivity contribution >= 4 is 5.69 Å². The van der Waals surface area contributed by atoms with Crippen molar-refractivity contribution in [3.8, 4) is 11.5 Å². The van der Waals surface area contributed by atoms with E-state index in [1.165, 1.54) is 0 Å². The third-order valence-corrected chi connectivity index (χ3v) is 3.51. The Kier molecular flexibility index (Phi) is 6.76. The van der Waals surface area contributed by atoms with Crippen molar-refractivity contribution in [2.75, 3.05) is 31.7 Å². The predicted molar refractivity (Wildman–Crippen MR) is 93.4 cm³/mol. The van der Waals surface area contributed by atoms with Gasteiger partial charge in [0.1, 0.15) is 11.5 Å². The first-order valence-electron chi connectivity index (χ1n) is 7.94. The van der Waals surface area contributed by atoms with Crippen molar-refractivity contribution in [1.29, 1.82) is 0 Å². The van der Waals surface area contributed by atoms with E-state index in [0.29, 0.717) is 13.2 Å². The second-order valence-electron chi connectivity index (χ2n) is 5.51. The summed E-state index contributed by atoms with van der Waals surface area (Å²) in [4.78, 5) is 2.18. The van der Waals surface area contributed by atoms with Gasteiger partial charge in [-0.2, -0.15) is 0 Å². The average molecular weight is 315 g/mol. The number of aliphatic hydroxyl groups is 1. The third kappa shape index (κ3) is 5.83. The Morgan fingerprint density at radius 2 is 1.65 bits per heavy atom. The maximum Gasteiger partial charge on any atom is 0.119 e. The molecular formula is C19H25NO3. The van der Waals surface area contributed by atoms with Crippen LogP contribution in [0.3, 0.4) is 0 Å². The molecule has 0 spiro atoms. The predicted octanol–water partition coefficient (Wildman–Crippen LogP) is 3.35. The van der Waals surface area contributed by atoms with E-state index in [-0.39, 0.29) is 6.10 Å². The number of aliphatic hydroxyl groups excluding tert-OH is 1. The summed E-state index contributed by atoms with van der Waals surface area (Å²) >= 11 is 0. The first-order chi connectivity index (χ1) is 11.2. The summed E-state index contributed by atoms with van der Waals surface area (Å²) in [6, 6.07) is 17.7. The monoisotopic (exact) mass is 315 g/mol. The van der Waals surface area contributed by atoms with Crippen molar-refractivity contribution in [2.24, 2.45) is 0 Å². The van der Waals surface area contributed by atoms with Crippen LogP contribution in [0.1, 0.15) is 13.3 Å². The molecule has 23 heavy (non-hydrogen) atoms. The fourth-order valence-corrected chi connectivity index (χ4v) is 2.40. The first-order valence-corrected chi connectivity index (χ1v) is 7.94. The van der Waals surface area contributed by atoms with Crippen LogP contribution in [0.2, 0.25) is 0 Å². The smallest absolute Gasteiger partial charge is 0.119 e. The topological polar surface area (TPSA) is 41.9 Å². The maximum atomic E-state index is 9.68. The fraction of sp³-hybridized carbons (Fsp3) is 0.368. The van der Waals surface area contributed by atoms with Gasteiger partial charge in [-0.15, -0.1) is 0 Å². The van der Waals surface area contributed by atoms with Gasteiger partial charge in [0.05, 0.1) is 19.8 Å². The third-order valence-electron chi connectivity index (χ3n) is 3.51. The van der Waals surface area contributed by atoms with Crippen molar-refractivity contribution in [1.82, 2.24) is 0 Å². The summed E-state index contributed by atoms with van der Waals surface area (Å²) in [7, 11) is 1.65. The minimum atomic E-state index is -0.363. The number of hydrogen-bond donors (Lipinski definition) is 1. The van der Waals surface area contributed by atoms with Crippen molar-refractivity contribution in [3.05, 3.63) is 54.6 Å². The minimum Gasteiger partial charge on any atom is -0.497 e. The second kappa shape index (κ2) is 9.06. The molecule has 0 heterocycles. The van der Waals surface area contributed by atoms with E-state index in [9.17, 15) is 5.11 Å². The zero-order chi connectivity index (χ0) is 16.5. The fourth-order valence-electron chi connectivity index (χ4n) is 2.40. The van der Waals surface area contributed by atoms with Crippen molar-refractivity contribution in [3.63, 3.8) is 0 Å². The highest BCUT2D eigenvalue weighted by atomic mass is 16.5. The number of hydrogen-bond acceptors (Lipinski definition) is 4. The molecule has 4 heteroatoms. The minimum absolute atomic E-state index is 0.363. The van der Waals surface area contributed by atoms with E-state index < -0.39 is 0 Å². The molecule has 2 rings (SSSR count). The van der Waals surface area contributed by atoms with Crippen molar-refractivity contribution in [2.45, 2.75) is 19.4 Å². The van der Waals surface area contributed by atoms with Crippen LogP contribution < -0.4 is 14.4 Å². The number of benzene rings is 2. The van der Waals surface area contributed by atoms with Crippen LogP contribution >= 0.6 is 0 Å². The summed E-state index contributed by atoms with van der Waals surface area (Å²) < 4.78 is 10.9. The van der Waals surface area contributed by atoms with Crippen LogP contribution in [0, 0.1) is 0 Å². The number of rotatable bonds is 9. The molecule has 124 valence electrons. The Bertz CT molecular complexity index is 555. The number of anilines is 1. The molecule has 0 aliphatic heterocycles. The molecule has 0 saturated heterocycles. The Balaban J connectivity index is 1.81. The van der Waals surface area contributed by atoms with Gasteiger partial charge in [0.2, 0.25) is 0 Å². The molecule has 4 nitrogen and oxygen atoms in total. The largest absolute Gasteiger partial charge is 0.497 e. The molecule has 0 fully saturated rings. The van der Waals surface area contributed by atoms with Crippen molar-refractivity contribution < 1.29 is 14.6 Å². The normalized spacial score (nSPS) is 11.8. The Morgan fingerprint density at radius 1 is 1.00 bits per heavy atom. The summed E-state index contributed by atoms with van der Waals surface area (Å²) in [5, 5.41) is 9.68. The Morgan fingerprint density at radius 3 is 2.26 bits per heavy atom. The highest BCUT2D eigenvalue weighted by Crippen LogP contribution is 2.18. The van der Waals surface area contributed by atoms with Gasteiger partial charge in [-0.25, -0.2) is 0 Å². The lowest BCUT2D eigenvalue weighted by Gasteiger charge is -2.26. The molecule has 1 unspecified atom stereocenters. The van der Waals surface area contributed by atoms with Crippen LogP contribution in [-0.2, 0) is 0 Å². The summed E-state index contributed by atoms with van der Waals surface area (Å²) in [5.74, 6) is 1.66. The lowest BCUT2D eigenvalue weighted by Crippen LogP contribution is -2.32. The van der Waals surface area contributed by atoms with E-state index in [4.69, 9.17) is 9.47 Å².